The van der Waals surface area contributed by atoms with Gasteiger partial charge < -0.3 is 0 Å². The summed E-state index contributed by atoms with van der Waals surface area (Å²) in [7, 11) is 1.71. The number of aromatic nitrogens is 4. The first kappa shape index (κ1) is 9.47. The second kappa shape index (κ2) is 3.58. The van der Waals surface area contributed by atoms with Crippen molar-refractivity contribution in [2.45, 2.75) is 0 Å². The number of nitrogens with zero attached hydrogens (tertiary/aromatic N) is 4. The lowest BCUT2D eigenvalue weighted by atomic mass is 10.2. The molecule has 0 fully saturated rings. The van der Waals surface area contributed by atoms with Crippen molar-refractivity contribution in [3.63, 3.8) is 0 Å². The van der Waals surface area contributed by atoms with Gasteiger partial charge in [0.15, 0.2) is 0 Å². The Morgan fingerprint density at radius 2 is 2.43 bits per heavy atom. The molecule has 14 heavy (non-hydrogen) atoms. The summed E-state index contributed by atoms with van der Waals surface area (Å²) in [6, 6.07) is 0. The van der Waals surface area contributed by atoms with Crippen LogP contribution in [0.15, 0.2) is 16.0 Å². The van der Waals surface area contributed by atoms with Gasteiger partial charge in [-0.25, -0.2) is 0 Å². The van der Waals surface area contributed by atoms with E-state index in [1.165, 1.54) is 4.68 Å². The van der Waals surface area contributed by atoms with Crippen LogP contribution in [0.5, 0.6) is 0 Å². The normalized spacial score (nSPS) is 10.4. The highest BCUT2D eigenvalue weighted by molar-refractivity contribution is 9.10. The van der Waals surface area contributed by atoms with Crippen LogP contribution in [0.25, 0.3) is 0 Å². The van der Waals surface area contributed by atoms with Crippen LogP contribution in [0, 0.1) is 0 Å². The lowest BCUT2D eigenvalue weighted by Crippen LogP contribution is -2.09. The quantitative estimate of drug-likeness (QED) is 0.773. The minimum atomic E-state index is -0.175. The van der Waals surface area contributed by atoms with Crippen molar-refractivity contribution in [1.29, 1.82) is 0 Å². The number of carbonyl (C=O) groups excluding carboxylic acids is 1. The van der Waals surface area contributed by atoms with Crippen molar-refractivity contribution >= 4 is 33.2 Å². The molecule has 2 aromatic rings. The van der Waals surface area contributed by atoms with E-state index >= 15 is 0 Å². The van der Waals surface area contributed by atoms with Crippen LogP contribution in [0.3, 0.4) is 0 Å². The van der Waals surface area contributed by atoms with Crippen LogP contribution >= 0.6 is 27.5 Å². The molecule has 0 saturated heterocycles. The molecule has 0 aliphatic carbocycles. The van der Waals surface area contributed by atoms with Crippen LogP contribution in [0.1, 0.15) is 16.2 Å². The fraction of sp³-hybridized carbons (Fsp3) is 0.143. The van der Waals surface area contributed by atoms with E-state index in [0.717, 1.165) is 11.5 Å². The topological polar surface area (TPSA) is 60.7 Å². The third kappa shape index (κ3) is 1.48. The first-order valence-corrected chi connectivity index (χ1v) is 5.32. The SMILES string of the molecule is Cn1ncc(Br)c1C(=O)c1csnn1. The number of halogens is 1. The summed E-state index contributed by atoms with van der Waals surface area (Å²) >= 11 is 4.40. The summed E-state index contributed by atoms with van der Waals surface area (Å²) in [6.45, 7) is 0. The minimum Gasteiger partial charge on any atom is -0.285 e. The Labute approximate surface area is 92.0 Å². The van der Waals surface area contributed by atoms with E-state index in [0.29, 0.717) is 15.9 Å². The van der Waals surface area contributed by atoms with Gasteiger partial charge in [-0.3, -0.25) is 9.48 Å². The molecule has 0 aliphatic rings. The molecule has 0 aliphatic heterocycles. The minimum absolute atomic E-state index is 0.175. The molecular formula is C7H5BrN4OS. The van der Waals surface area contributed by atoms with Crippen molar-refractivity contribution in [3.05, 3.63) is 27.4 Å². The predicted octanol–water partition coefficient (Wildman–Crippen LogP) is 1.27. The van der Waals surface area contributed by atoms with Crippen molar-refractivity contribution in [1.82, 2.24) is 19.4 Å². The maximum absolute atomic E-state index is 11.8. The lowest BCUT2D eigenvalue weighted by molar-refractivity contribution is 0.102. The van der Waals surface area contributed by atoms with E-state index in [1.54, 1.807) is 18.6 Å². The Hall–Kier alpha value is -1.08. The van der Waals surface area contributed by atoms with E-state index in [-0.39, 0.29) is 5.78 Å². The van der Waals surface area contributed by atoms with Gasteiger partial charge in [0.1, 0.15) is 11.4 Å². The van der Waals surface area contributed by atoms with E-state index < -0.39 is 0 Å². The predicted molar refractivity (Wildman–Crippen MR) is 54.2 cm³/mol. The van der Waals surface area contributed by atoms with Crippen LogP contribution < -0.4 is 0 Å². The smallest absolute Gasteiger partial charge is 0.233 e. The average Bonchev–Trinajstić information content (AvgIpc) is 2.75. The van der Waals surface area contributed by atoms with Gasteiger partial charge in [-0.05, 0) is 27.5 Å². The van der Waals surface area contributed by atoms with Crippen LogP contribution in [0.2, 0.25) is 0 Å². The van der Waals surface area contributed by atoms with Gasteiger partial charge in [-0.1, -0.05) is 4.49 Å². The molecule has 0 atom stereocenters. The lowest BCUT2D eigenvalue weighted by Gasteiger charge is -1.97. The van der Waals surface area contributed by atoms with Crippen LogP contribution in [-0.2, 0) is 7.05 Å². The molecule has 0 radical (unpaired) electrons. The summed E-state index contributed by atoms with van der Waals surface area (Å²) in [5, 5.41) is 9.28. The number of hydrogen-bond donors (Lipinski definition) is 0. The molecule has 2 heterocycles. The van der Waals surface area contributed by atoms with Gasteiger partial charge in [0.05, 0.1) is 10.7 Å². The Bertz CT molecular complexity index is 444. The van der Waals surface area contributed by atoms with E-state index in [1.807, 2.05) is 0 Å². The molecule has 0 spiro atoms. The maximum Gasteiger partial charge on any atom is 0.233 e. The first-order valence-electron chi connectivity index (χ1n) is 3.69. The largest absolute Gasteiger partial charge is 0.285 e. The number of hydrogen-bond acceptors (Lipinski definition) is 5. The zero-order chi connectivity index (χ0) is 10.1. The van der Waals surface area contributed by atoms with Gasteiger partial charge in [-0.15, -0.1) is 5.10 Å². The first-order chi connectivity index (χ1) is 6.70. The van der Waals surface area contributed by atoms with Gasteiger partial charge in [-0.2, -0.15) is 5.10 Å². The molecule has 2 aromatic heterocycles. The molecule has 0 aromatic carbocycles. The zero-order valence-electron chi connectivity index (χ0n) is 7.14. The standard InChI is InChI=1S/C7H5BrN4OS/c1-12-6(4(8)2-9-12)7(13)5-3-14-11-10-5/h2-3H,1H3. The van der Waals surface area contributed by atoms with Crippen LogP contribution in [-0.4, -0.2) is 25.2 Å². The average molecular weight is 273 g/mol. The van der Waals surface area contributed by atoms with E-state index in [2.05, 4.69) is 30.6 Å². The second-order valence-corrected chi connectivity index (χ2v) is 4.05. The Morgan fingerprint density at radius 3 is 2.93 bits per heavy atom. The molecular weight excluding hydrogens is 268 g/mol. The number of rotatable bonds is 2. The van der Waals surface area contributed by atoms with E-state index in [9.17, 15) is 4.79 Å². The monoisotopic (exact) mass is 272 g/mol. The molecule has 0 amide bonds. The fourth-order valence-corrected chi connectivity index (χ4v) is 2.02. The third-order valence-corrected chi connectivity index (χ3v) is 2.79. The molecule has 2 rings (SSSR count). The van der Waals surface area contributed by atoms with Crippen LogP contribution in [0.4, 0.5) is 0 Å². The van der Waals surface area contributed by atoms with Crippen molar-refractivity contribution in [2.24, 2.45) is 7.05 Å². The molecule has 5 nitrogen and oxygen atoms in total. The highest BCUT2D eigenvalue weighted by Gasteiger charge is 2.19. The summed E-state index contributed by atoms with van der Waals surface area (Å²) in [5.74, 6) is -0.175. The van der Waals surface area contributed by atoms with E-state index in [4.69, 9.17) is 0 Å². The highest BCUT2D eigenvalue weighted by Crippen LogP contribution is 2.18. The second-order valence-electron chi connectivity index (χ2n) is 2.58. The van der Waals surface area contributed by atoms with Gasteiger partial charge >= 0.3 is 0 Å². The highest BCUT2D eigenvalue weighted by atomic mass is 79.9. The van der Waals surface area contributed by atoms with Gasteiger partial charge in [0.2, 0.25) is 5.78 Å². The van der Waals surface area contributed by atoms with Crippen molar-refractivity contribution in [2.75, 3.05) is 0 Å². The number of ketones is 1. The molecule has 0 N–H and O–H groups in total. The Morgan fingerprint density at radius 1 is 1.64 bits per heavy atom. The zero-order valence-corrected chi connectivity index (χ0v) is 9.54. The summed E-state index contributed by atoms with van der Waals surface area (Å²) < 4.78 is 5.81. The van der Waals surface area contributed by atoms with Crippen molar-refractivity contribution in [3.8, 4) is 0 Å². The molecule has 72 valence electrons. The summed E-state index contributed by atoms with van der Waals surface area (Å²) in [5.41, 5.74) is 0.831. The molecule has 7 heteroatoms. The Balaban J connectivity index is 2.46. The fourth-order valence-electron chi connectivity index (χ4n) is 1.05. The molecule has 0 saturated carbocycles. The van der Waals surface area contributed by atoms with Gasteiger partial charge in [0, 0.05) is 12.4 Å². The molecule has 0 unspecified atom stereocenters. The maximum atomic E-state index is 11.8. The van der Waals surface area contributed by atoms with Crippen molar-refractivity contribution < 1.29 is 4.79 Å². The summed E-state index contributed by atoms with van der Waals surface area (Å²) in [4.78, 5) is 11.8. The summed E-state index contributed by atoms with van der Waals surface area (Å²) in [6.07, 6.45) is 1.58. The third-order valence-electron chi connectivity index (χ3n) is 1.70. The number of carbonyl (C=O) groups is 1. The van der Waals surface area contributed by atoms with Gasteiger partial charge in [0.25, 0.3) is 0 Å². The number of aryl methyl sites for hydroxylation is 1. The molecule has 0 bridgehead atoms. The Kier molecular flexibility index (Phi) is 2.42.